The minimum Gasteiger partial charge on any atom is -0.466 e. The summed E-state index contributed by atoms with van der Waals surface area (Å²) < 4.78 is 38.0. The van der Waals surface area contributed by atoms with Crippen LogP contribution >= 0.6 is 0 Å². The zero-order valence-electron chi connectivity index (χ0n) is 22.0. The van der Waals surface area contributed by atoms with Crippen molar-refractivity contribution in [2.45, 2.75) is 56.8 Å². The van der Waals surface area contributed by atoms with Crippen LogP contribution in [0, 0.1) is 0 Å². The van der Waals surface area contributed by atoms with Gasteiger partial charge in [0.05, 0.1) is 18.4 Å². The number of anilines is 2. The number of pyridine rings is 3. The highest BCUT2D eigenvalue weighted by molar-refractivity contribution is 7.90. The van der Waals surface area contributed by atoms with E-state index in [0.717, 1.165) is 12.8 Å². The maximum absolute atomic E-state index is 13.3. The van der Waals surface area contributed by atoms with Gasteiger partial charge in [-0.3, -0.25) is 4.79 Å². The monoisotopic (exact) mass is 560 g/mol. The predicted molar refractivity (Wildman–Crippen MR) is 150 cm³/mol. The van der Waals surface area contributed by atoms with Gasteiger partial charge in [-0.15, -0.1) is 0 Å². The summed E-state index contributed by atoms with van der Waals surface area (Å²) in [6.45, 7) is 5.62. The van der Waals surface area contributed by atoms with Gasteiger partial charge in [0.2, 0.25) is 5.88 Å². The molecule has 0 radical (unpaired) electrons. The lowest BCUT2D eigenvalue weighted by Gasteiger charge is -2.29. The molecule has 3 aromatic rings. The highest BCUT2D eigenvalue weighted by Crippen LogP contribution is 2.33. The number of carbonyl (C=O) groups is 2. The van der Waals surface area contributed by atoms with Gasteiger partial charge in [0.1, 0.15) is 11.6 Å². The standard InChI is InChI=1S/C26H30N6O6S.3H2/c1-15-8-9-16(2)32(15)24-19(25(33)31-39(35,36)23-7-5-6-21(27)30-23)11-12-20(29-24)18-10-13-22(28-14-18)38-17(3)26(34)37-4;;;/h5-7,10-17H,8-9H2,1-4H3,(H2,27,30)(H,31,33);3*1H/t15-,16+,17?;;;. The van der Waals surface area contributed by atoms with Gasteiger partial charge in [-0.2, -0.15) is 8.42 Å². The fourth-order valence-corrected chi connectivity index (χ4v) is 5.34. The van der Waals surface area contributed by atoms with Crippen molar-refractivity contribution in [3.63, 3.8) is 0 Å². The van der Waals surface area contributed by atoms with Crippen LogP contribution in [0.4, 0.5) is 11.6 Å². The summed E-state index contributed by atoms with van der Waals surface area (Å²) >= 11 is 0. The van der Waals surface area contributed by atoms with Crippen molar-refractivity contribution < 1.29 is 31.8 Å². The molecule has 3 atom stereocenters. The molecule has 212 valence electrons. The fourth-order valence-electron chi connectivity index (χ4n) is 4.40. The van der Waals surface area contributed by atoms with Crippen molar-refractivity contribution in [2.24, 2.45) is 0 Å². The van der Waals surface area contributed by atoms with Gasteiger partial charge in [-0.25, -0.2) is 24.5 Å². The van der Waals surface area contributed by atoms with Gasteiger partial charge in [0.25, 0.3) is 15.9 Å². The fraction of sp³-hybridized carbons (Fsp3) is 0.346. The summed E-state index contributed by atoms with van der Waals surface area (Å²) in [7, 11) is -3.00. The summed E-state index contributed by atoms with van der Waals surface area (Å²) in [6.07, 6.45) is 2.50. The molecule has 0 spiro atoms. The third kappa shape index (κ3) is 6.08. The number of methoxy groups -OCH3 is 1. The lowest BCUT2D eigenvalue weighted by atomic mass is 10.1. The van der Waals surface area contributed by atoms with E-state index >= 15 is 0 Å². The van der Waals surface area contributed by atoms with E-state index in [1.54, 1.807) is 25.1 Å². The Morgan fingerprint density at radius 2 is 1.82 bits per heavy atom. The van der Waals surface area contributed by atoms with E-state index in [0.29, 0.717) is 17.1 Å². The highest BCUT2D eigenvalue weighted by atomic mass is 32.2. The predicted octanol–water partition coefficient (Wildman–Crippen LogP) is 3.30. The summed E-state index contributed by atoms with van der Waals surface area (Å²) in [5.74, 6) is -0.754. The molecule has 1 fully saturated rings. The van der Waals surface area contributed by atoms with Gasteiger partial charge >= 0.3 is 5.97 Å². The average molecular weight is 561 g/mol. The van der Waals surface area contributed by atoms with Crippen LogP contribution in [0.25, 0.3) is 11.3 Å². The number of nitrogens with zero attached hydrogens (tertiary/aromatic N) is 4. The third-order valence-corrected chi connectivity index (χ3v) is 7.66. The molecular weight excluding hydrogens is 524 g/mol. The molecule has 13 heteroatoms. The van der Waals surface area contributed by atoms with E-state index in [4.69, 9.17) is 15.5 Å². The number of hydrogen-bond acceptors (Lipinski definition) is 11. The Labute approximate surface area is 231 Å². The Morgan fingerprint density at radius 1 is 1.10 bits per heavy atom. The van der Waals surface area contributed by atoms with E-state index in [1.165, 1.54) is 37.6 Å². The minimum absolute atomic E-state index is 0. The molecule has 0 bridgehead atoms. The number of rotatable bonds is 8. The second-order valence-electron chi connectivity index (χ2n) is 9.25. The second-order valence-corrected chi connectivity index (χ2v) is 10.9. The van der Waals surface area contributed by atoms with Crippen LogP contribution in [0.5, 0.6) is 5.88 Å². The number of aromatic nitrogens is 3. The summed E-state index contributed by atoms with van der Waals surface area (Å²) in [4.78, 5) is 39.8. The molecule has 0 aromatic carbocycles. The number of sulfonamides is 1. The molecule has 1 saturated heterocycles. The van der Waals surface area contributed by atoms with Crippen LogP contribution in [0.15, 0.2) is 53.7 Å². The molecule has 12 nitrogen and oxygen atoms in total. The number of ether oxygens (including phenoxy) is 2. The number of carbonyl (C=O) groups excluding carboxylic acids is 2. The lowest BCUT2D eigenvalue weighted by Crippen LogP contribution is -2.37. The molecular formula is C26H36N6O6S. The lowest BCUT2D eigenvalue weighted by molar-refractivity contribution is -0.148. The smallest absolute Gasteiger partial charge is 0.346 e. The molecule has 3 aromatic heterocycles. The minimum atomic E-state index is -4.28. The van der Waals surface area contributed by atoms with Crippen molar-refractivity contribution in [1.29, 1.82) is 0 Å². The Balaban J connectivity index is 0.00000294. The molecule has 0 saturated carbocycles. The summed E-state index contributed by atoms with van der Waals surface area (Å²) in [5, 5.41) is -0.361. The van der Waals surface area contributed by atoms with Crippen molar-refractivity contribution >= 4 is 33.5 Å². The number of nitrogens with one attached hydrogen (secondary N) is 1. The maximum Gasteiger partial charge on any atom is 0.346 e. The van der Waals surface area contributed by atoms with Crippen LogP contribution in [0.3, 0.4) is 0 Å². The molecule has 1 amide bonds. The molecule has 1 unspecified atom stereocenters. The van der Waals surface area contributed by atoms with Gasteiger partial charge in [0, 0.05) is 34.2 Å². The van der Waals surface area contributed by atoms with Gasteiger partial charge in [-0.1, -0.05) is 6.07 Å². The van der Waals surface area contributed by atoms with Crippen molar-refractivity contribution in [3.8, 4) is 17.1 Å². The molecule has 4 heterocycles. The zero-order valence-corrected chi connectivity index (χ0v) is 22.8. The van der Waals surface area contributed by atoms with E-state index in [2.05, 4.69) is 19.4 Å². The van der Waals surface area contributed by atoms with Crippen molar-refractivity contribution in [3.05, 3.63) is 54.2 Å². The third-order valence-electron chi connectivity index (χ3n) is 6.43. The van der Waals surface area contributed by atoms with Gasteiger partial charge in [-0.05, 0) is 63.9 Å². The average Bonchev–Trinajstić information content (AvgIpc) is 3.25. The SMILES string of the molecule is COC(=O)C(C)Oc1ccc(-c2ccc(C(=O)NS(=O)(=O)c3cccc(N)n3)c(N3[C@H](C)CC[C@@H]3C)n2)cn1.[HH].[HH].[HH]. The molecule has 1 aliphatic rings. The van der Waals surface area contributed by atoms with Gasteiger partial charge in [0.15, 0.2) is 11.1 Å². The Bertz CT molecular complexity index is 1490. The van der Waals surface area contributed by atoms with E-state index < -0.39 is 28.0 Å². The van der Waals surface area contributed by atoms with Crippen LogP contribution < -0.4 is 20.1 Å². The van der Waals surface area contributed by atoms with E-state index in [-0.39, 0.29) is 38.7 Å². The number of hydrogen-bond donors (Lipinski definition) is 2. The zero-order chi connectivity index (χ0) is 28.3. The Kier molecular flexibility index (Phi) is 8.00. The number of nitrogens with two attached hydrogens (primary N) is 1. The van der Waals surface area contributed by atoms with E-state index in [1.807, 2.05) is 18.7 Å². The topological polar surface area (TPSA) is 167 Å². The molecule has 3 N–H and O–H groups in total. The first-order chi connectivity index (χ1) is 18.5. The van der Waals surface area contributed by atoms with Crippen molar-refractivity contribution in [1.82, 2.24) is 19.7 Å². The van der Waals surface area contributed by atoms with Crippen LogP contribution in [0.1, 0.15) is 48.3 Å². The normalized spacial score (nSPS) is 17.9. The Hall–Kier alpha value is -4.26. The first kappa shape index (κ1) is 27.8. The molecule has 39 heavy (non-hydrogen) atoms. The first-order valence-electron chi connectivity index (χ1n) is 12.3. The molecule has 0 aliphatic carbocycles. The number of amides is 1. The maximum atomic E-state index is 13.3. The largest absolute Gasteiger partial charge is 0.466 e. The highest BCUT2D eigenvalue weighted by Gasteiger charge is 2.33. The summed E-state index contributed by atoms with van der Waals surface area (Å²) in [5.41, 5.74) is 6.88. The van der Waals surface area contributed by atoms with Crippen LogP contribution in [-0.4, -0.2) is 60.5 Å². The van der Waals surface area contributed by atoms with E-state index in [9.17, 15) is 18.0 Å². The van der Waals surface area contributed by atoms with Crippen LogP contribution in [0.2, 0.25) is 0 Å². The van der Waals surface area contributed by atoms with Crippen LogP contribution in [-0.2, 0) is 19.6 Å². The molecule has 4 rings (SSSR count). The van der Waals surface area contributed by atoms with Gasteiger partial charge < -0.3 is 20.1 Å². The van der Waals surface area contributed by atoms with Crippen molar-refractivity contribution in [2.75, 3.05) is 17.7 Å². The summed E-state index contributed by atoms with van der Waals surface area (Å²) in [6, 6.07) is 10.8. The number of nitrogen functional groups attached to an aromatic ring is 1. The quantitative estimate of drug-likeness (QED) is 0.388. The number of esters is 1. The Morgan fingerprint density at radius 3 is 2.44 bits per heavy atom. The second kappa shape index (κ2) is 11.2. The first-order valence-corrected chi connectivity index (χ1v) is 13.8. The molecule has 1 aliphatic heterocycles.